The molecule has 86 valence electrons. The van der Waals surface area contributed by atoms with E-state index in [1.165, 1.54) is 0 Å². The van der Waals surface area contributed by atoms with Crippen LogP contribution in [0.5, 0.6) is 0 Å². The van der Waals surface area contributed by atoms with E-state index in [0.717, 1.165) is 12.0 Å². The zero-order valence-electron chi connectivity index (χ0n) is 9.27. The summed E-state index contributed by atoms with van der Waals surface area (Å²) in [7, 11) is -3.55. The molecule has 16 heavy (non-hydrogen) atoms. The predicted octanol–water partition coefficient (Wildman–Crippen LogP) is 1.29. The molecule has 1 aliphatic rings. The van der Waals surface area contributed by atoms with Gasteiger partial charge in [0.25, 0.3) is 10.0 Å². The highest BCUT2D eigenvalue weighted by Crippen LogP contribution is 2.28. The molecule has 0 spiro atoms. The molecule has 0 aliphatic carbocycles. The number of hydrogen-bond acceptors (Lipinski definition) is 3. The molecule has 2 N–H and O–H groups in total. The van der Waals surface area contributed by atoms with Crippen molar-refractivity contribution in [1.29, 1.82) is 0 Å². The van der Waals surface area contributed by atoms with E-state index in [1.807, 2.05) is 6.07 Å². The first-order valence-electron chi connectivity index (χ1n) is 5.14. The van der Waals surface area contributed by atoms with Crippen LogP contribution in [0.4, 0.5) is 0 Å². The molecule has 0 saturated heterocycles. The molecule has 5 heteroatoms. The number of rotatable bonds is 2. The number of fused-ring (bicyclic) bond motifs is 1. The maximum absolute atomic E-state index is 11.6. The highest BCUT2D eigenvalue weighted by atomic mass is 32.2. The van der Waals surface area contributed by atoms with Crippen molar-refractivity contribution in [2.75, 3.05) is 0 Å². The lowest BCUT2D eigenvalue weighted by molar-refractivity contribution is 0.598. The molecular formula is C11H14N2O2S. The minimum atomic E-state index is -3.55. The molecule has 0 saturated carbocycles. The maximum atomic E-state index is 11.6. The van der Waals surface area contributed by atoms with E-state index in [1.54, 1.807) is 12.1 Å². The molecule has 2 rings (SSSR count). The van der Waals surface area contributed by atoms with Crippen LogP contribution >= 0.6 is 0 Å². The van der Waals surface area contributed by atoms with Gasteiger partial charge >= 0.3 is 0 Å². The number of benzene rings is 1. The van der Waals surface area contributed by atoms with Crippen molar-refractivity contribution in [2.45, 2.75) is 25.2 Å². The first-order valence-corrected chi connectivity index (χ1v) is 6.58. The van der Waals surface area contributed by atoms with Gasteiger partial charge < -0.3 is 5.73 Å². The Hall–Kier alpha value is -1.36. The van der Waals surface area contributed by atoms with E-state index in [0.29, 0.717) is 11.5 Å². The number of sulfonamides is 1. The van der Waals surface area contributed by atoms with Crippen molar-refractivity contribution in [3.63, 3.8) is 0 Å². The smallest absolute Gasteiger partial charge is 0.285 e. The molecule has 0 atom stereocenters. The van der Waals surface area contributed by atoms with Crippen LogP contribution in [0.15, 0.2) is 27.5 Å². The van der Waals surface area contributed by atoms with E-state index >= 15 is 0 Å². The van der Waals surface area contributed by atoms with Crippen LogP contribution in [-0.2, 0) is 16.4 Å². The second-order valence-electron chi connectivity index (χ2n) is 4.34. The van der Waals surface area contributed by atoms with E-state index < -0.39 is 10.0 Å². The minimum Gasteiger partial charge on any atom is -0.382 e. The average Bonchev–Trinajstić information content (AvgIpc) is 2.37. The predicted molar refractivity (Wildman–Crippen MR) is 62.9 cm³/mol. The monoisotopic (exact) mass is 238 g/mol. The number of nitrogens with zero attached hydrogens (tertiary/aromatic N) is 1. The number of amidine groups is 1. The summed E-state index contributed by atoms with van der Waals surface area (Å²) in [6, 6.07) is 5.20. The van der Waals surface area contributed by atoms with E-state index in [9.17, 15) is 8.42 Å². The molecule has 0 fully saturated rings. The summed E-state index contributed by atoms with van der Waals surface area (Å²) in [6.07, 6.45) is 0.801. The van der Waals surface area contributed by atoms with Crippen LogP contribution < -0.4 is 5.73 Å². The summed E-state index contributed by atoms with van der Waals surface area (Å²) >= 11 is 0. The summed E-state index contributed by atoms with van der Waals surface area (Å²) in [5.41, 5.74) is 7.22. The maximum Gasteiger partial charge on any atom is 0.285 e. The number of hydrogen-bond donors (Lipinski definition) is 1. The van der Waals surface area contributed by atoms with E-state index in [-0.39, 0.29) is 10.7 Å². The molecule has 0 bridgehead atoms. The lowest BCUT2D eigenvalue weighted by Crippen LogP contribution is -2.14. The largest absolute Gasteiger partial charge is 0.382 e. The average molecular weight is 238 g/mol. The Bertz CT molecular complexity index is 559. The Balaban J connectivity index is 2.63. The second-order valence-corrected chi connectivity index (χ2v) is 5.91. The third kappa shape index (κ3) is 1.71. The summed E-state index contributed by atoms with van der Waals surface area (Å²) in [6.45, 7) is 4.16. The zero-order chi connectivity index (χ0) is 11.9. The van der Waals surface area contributed by atoms with Crippen LogP contribution in [0.2, 0.25) is 0 Å². The molecule has 0 amide bonds. The Morgan fingerprint density at radius 1 is 1.38 bits per heavy atom. The topological polar surface area (TPSA) is 72.5 Å². The second kappa shape index (κ2) is 3.59. The van der Waals surface area contributed by atoms with E-state index in [4.69, 9.17) is 5.73 Å². The fourth-order valence-corrected chi connectivity index (χ4v) is 3.11. The minimum absolute atomic E-state index is 0.117. The Morgan fingerprint density at radius 3 is 2.69 bits per heavy atom. The van der Waals surface area contributed by atoms with Gasteiger partial charge in [0, 0.05) is 5.56 Å². The number of nitrogens with two attached hydrogens (primary N) is 1. The third-order valence-corrected chi connectivity index (χ3v) is 3.83. The first-order chi connectivity index (χ1) is 7.42. The standard InChI is InChI=1S/C11H14N2O2S/c1-7(2)6-8-4-3-5-9-10(8)11(12)13-16(9,14)15/h3-5,7H,6H2,1-2H3,(H2,12,13). The Kier molecular flexibility index (Phi) is 2.50. The van der Waals surface area contributed by atoms with Crippen LogP contribution in [0.25, 0.3) is 0 Å². The summed E-state index contributed by atoms with van der Waals surface area (Å²) in [5.74, 6) is 0.564. The molecule has 4 nitrogen and oxygen atoms in total. The molecule has 1 aromatic carbocycles. The van der Waals surface area contributed by atoms with E-state index in [2.05, 4.69) is 18.2 Å². The van der Waals surface area contributed by atoms with Crippen LogP contribution in [-0.4, -0.2) is 14.3 Å². The highest BCUT2D eigenvalue weighted by Gasteiger charge is 2.29. The van der Waals surface area contributed by atoms with Crippen molar-refractivity contribution in [1.82, 2.24) is 0 Å². The fourth-order valence-electron chi connectivity index (χ4n) is 1.92. The van der Waals surface area contributed by atoms with Crippen molar-refractivity contribution in [3.8, 4) is 0 Å². The fraction of sp³-hybridized carbons (Fsp3) is 0.364. The van der Waals surface area contributed by atoms with Crippen molar-refractivity contribution in [3.05, 3.63) is 29.3 Å². The SMILES string of the molecule is CC(C)Cc1cccc2c1C(N)=NS2(=O)=O. The quantitative estimate of drug-likeness (QED) is 0.843. The summed E-state index contributed by atoms with van der Waals surface area (Å²) < 4.78 is 26.8. The van der Waals surface area contributed by atoms with Crippen molar-refractivity contribution >= 4 is 15.9 Å². The zero-order valence-corrected chi connectivity index (χ0v) is 10.1. The van der Waals surface area contributed by atoms with Crippen LogP contribution in [0, 0.1) is 5.92 Å². The lowest BCUT2D eigenvalue weighted by atomic mass is 9.97. The summed E-state index contributed by atoms with van der Waals surface area (Å²) in [5, 5.41) is 0. The lowest BCUT2D eigenvalue weighted by Gasteiger charge is -2.09. The Morgan fingerprint density at radius 2 is 2.06 bits per heavy atom. The third-order valence-electron chi connectivity index (χ3n) is 2.49. The van der Waals surface area contributed by atoms with Crippen LogP contribution in [0.1, 0.15) is 25.0 Å². The molecule has 0 unspecified atom stereocenters. The van der Waals surface area contributed by atoms with Gasteiger partial charge in [-0.1, -0.05) is 26.0 Å². The molecule has 0 radical (unpaired) electrons. The van der Waals surface area contributed by atoms with Crippen molar-refractivity contribution in [2.24, 2.45) is 16.0 Å². The van der Waals surface area contributed by atoms with Gasteiger partial charge in [-0.15, -0.1) is 4.40 Å². The van der Waals surface area contributed by atoms with Crippen LogP contribution in [0.3, 0.4) is 0 Å². The highest BCUT2D eigenvalue weighted by molar-refractivity contribution is 7.90. The van der Waals surface area contributed by atoms with Gasteiger partial charge in [0.05, 0.1) is 0 Å². The van der Waals surface area contributed by atoms with Gasteiger partial charge in [-0.05, 0) is 24.0 Å². The normalized spacial score (nSPS) is 17.3. The van der Waals surface area contributed by atoms with Gasteiger partial charge in [-0.25, -0.2) is 0 Å². The molecule has 1 heterocycles. The molecule has 1 aliphatic heterocycles. The van der Waals surface area contributed by atoms with Gasteiger partial charge in [0.1, 0.15) is 10.7 Å². The molecule has 0 aromatic heterocycles. The van der Waals surface area contributed by atoms with Gasteiger partial charge in [-0.2, -0.15) is 8.42 Å². The van der Waals surface area contributed by atoms with Gasteiger partial charge in [-0.3, -0.25) is 0 Å². The van der Waals surface area contributed by atoms with Gasteiger partial charge in [0.15, 0.2) is 0 Å². The Labute approximate surface area is 95.2 Å². The first kappa shape index (κ1) is 11.1. The van der Waals surface area contributed by atoms with Crippen molar-refractivity contribution < 1.29 is 8.42 Å². The molecule has 1 aromatic rings. The molecular weight excluding hydrogens is 224 g/mol. The summed E-state index contributed by atoms with van der Waals surface area (Å²) in [4.78, 5) is 0.239. The van der Waals surface area contributed by atoms with Gasteiger partial charge in [0.2, 0.25) is 0 Å².